The molecular formula is C17H19Cl2N5O2. The summed E-state index contributed by atoms with van der Waals surface area (Å²) in [6.07, 6.45) is 1.77. The topological polar surface area (TPSA) is 85.0 Å². The van der Waals surface area contributed by atoms with Gasteiger partial charge < -0.3 is 10.4 Å². The first-order valence-corrected chi connectivity index (χ1v) is 8.77. The maximum absolute atomic E-state index is 12.5. The van der Waals surface area contributed by atoms with E-state index < -0.39 is 5.60 Å². The summed E-state index contributed by atoms with van der Waals surface area (Å²) in [6.45, 7) is 3.84. The van der Waals surface area contributed by atoms with Gasteiger partial charge in [0.1, 0.15) is 11.3 Å². The largest absolute Gasteiger partial charge is 0.390 e. The minimum absolute atomic E-state index is 0.135. The molecule has 2 N–H and O–H groups in total. The quantitative estimate of drug-likeness (QED) is 0.647. The van der Waals surface area contributed by atoms with Gasteiger partial charge in [0, 0.05) is 19.3 Å². The third-order valence-corrected chi connectivity index (χ3v) is 4.84. The van der Waals surface area contributed by atoms with Gasteiger partial charge in [-0.15, -0.1) is 0 Å². The van der Waals surface area contributed by atoms with E-state index >= 15 is 0 Å². The Bertz CT molecular complexity index is 1020. The first kappa shape index (κ1) is 18.7. The Morgan fingerprint density at radius 1 is 1.23 bits per heavy atom. The molecule has 0 atom stereocenters. The normalized spacial score (nSPS) is 11.9. The van der Waals surface area contributed by atoms with Crippen LogP contribution in [0.15, 0.2) is 29.3 Å². The molecule has 3 rings (SSSR count). The third kappa shape index (κ3) is 3.70. The van der Waals surface area contributed by atoms with Gasteiger partial charge in [-0.25, -0.2) is 14.8 Å². The molecule has 0 aliphatic carbocycles. The fourth-order valence-corrected chi connectivity index (χ4v) is 2.94. The second-order valence-electron chi connectivity index (χ2n) is 6.71. The van der Waals surface area contributed by atoms with Crippen LogP contribution in [0.5, 0.6) is 0 Å². The van der Waals surface area contributed by atoms with Crippen LogP contribution in [0, 0.1) is 0 Å². The molecule has 2 heterocycles. The number of anilines is 2. The molecule has 2 aromatic heterocycles. The van der Waals surface area contributed by atoms with Crippen molar-refractivity contribution >= 4 is 45.7 Å². The van der Waals surface area contributed by atoms with Gasteiger partial charge in [-0.3, -0.25) is 9.13 Å². The molecule has 0 fully saturated rings. The van der Waals surface area contributed by atoms with Crippen molar-refractivity contribution in [1.82, 2.24) is 19.1 Å². The van der Waals surface area contributed by atoms with Crippen LogP contribution in [-0.4, -0.2) is 29.8 Å². The van der Waals surface area contributed by atoms with Crippen molar-refractivity contribution in [3.05, 3.63) is 45.2 Å². The summed E-state index contributed by atoms with van der Waals surface area (Å²) in [5.74, 6) is 0.382. The lowest BCUT2D eigenvalue weighted by atomic mass is 10.1. The summed E-state index contributed by atoms with van der Waals surface area (Å²) in [5, 5.41) is 13.5. The minimum atomic E-state index is -0.858. The number of rotatable bonds is 5. The average molecular weight is 396 g/mol. The van der Waals surface area contributed by atoms with Crippen LogP contribution in [0.4, 0.5) is 11.5 Å². The van der Waals surface area contributed by atoms with Crippen LogP contribution in [0.1, 0.15) is 20.3 Å². The molecule has 0 saturated carbocycles. The molecule has 0 aliphatic rings. The monoisotopic (exact) mass is 395 g/mol. The summed E-state index contributed by atoms with van der Waals surface area (Å²) in [5.41, 5.74) is 1.26. The maximum Gasteiger partial charge on any atom is 0.328 e. The Balaban J connectivity index is 2.02. The standard InChI is InChI=1S/C17H19Cl2N5O2/c1-17(2,26)6-7-24-12-8-10(4-5-11(12)23(3)16(24)25)22-15-13(18)14(19)20-9-21-15/h4-5,8-9,26H,6-7H2,1-3H3,(H,20,21,22). The molecule has 0 unspecified atom stereocenters. The molecule has 7 nitrogen and oxygen atoms in total. The fraction of sp³-hybridized carbons (Fsp3) is 0.353. The zero-order chi connectivity index (χ0) is 19.1. The fourth-order valence-electron chi connectivity index (χ4n) is 2.66. The van der Waals surface area contributed by atoms with Gasteiger partial charge in [0.05, 0.1) is 16.6 Å². The molecular weight excluding hydrogens is 377 g/mol. The second kappa shape index (κ2) is 6.90. The van der Waals surface area contributed by atoms with E-state index in [1.807, 2.05) is 18.2 Å². The molecule has 0 radical (unpaired) electrons. The molecule has 3 aromatic rings. The van der Waals surface area contributed by atoms with E-state index in [0.29, 0.717) is 24.5 Å². The van der Waals surface area contributed by atoms with Crippen molar-refractivity contribution in [1.29, 1.82) is 0 Å². The Kier molecular flexibility index (Phi) is 4.96. The number of fused-ring (bicyclic) bond motifs is 1. The second-order valence-corrected chi connectivity index (χ2v) is 7.45. The molecule has 26 heavy (non-hydrogen) atoms. The van der Waals surface area contributed by atoms with E-state index in [9.17, 15) is 9.90 Å². The van der Waals surface area contributed by atoms with Gasteiger partial charge >= 0.3 is 5.69 Å². The SMILES string of the molecule is Cn1c(=O)n(CCC(C)(C)O)c2cc(Nc3ncnc(Cl)c3Cl)ccc21. The lowest BCUT2D eigenvalue weighted by molar-refractivity contribution is 0.0662. The average Bonchev–Trinajstić information content (AvgIpc) is 2.80. The first-order valence-electron chi connectivity index (χ1n) is 8.02. The summed E-state index contributed by atoms with van der Waals surface area (Å²) in [4.78, 5) is 20.4. The predicted molar refractivity (Wildman–Crippen MR) is 103 cm³/mol. The van der Waals surface area contributed by atoms with Crippen LogP contribution >= 0.6 is 23.2 Å². The highest BCUT2D eigenvalue weighted by molar-refractivity contribution is 6.42. The molecule has 138 valence electrons. The predicted octanol–water partition coefficient (Wildman–Crippen LogP) is 3.34. The first-order chi connectivity index (χ1) is 12.2. The number of halogens is 2. The molecule has 1 aromatic carbocycles. The highest BCUT2D eigenvalue weighted by atomic mass is 35.5. The molecule has 0 spiro atoms. The zero-order valence-electron chi connectivity index (χ0n) is 14.6. The van der Waals surface area contributed by atoms with Crippen LogP contribution in [-0.2, 0) is 13.6 Å². The Labute approximate surface area is 160 Å². The number of imidazole rings is 1. The lowest BCUT2D eigenvalue weighted by Gasteiger charge is -2.17. The van der Waals surface area contributed by atoms with Gasteiger partial charge in [0.25, 0.3) is 0 Å². The van der Waals surface area contributed by atoms with Gasteiger partial charge in [-0.2, -0.15) is 0 Å². The number of nitrogens with one attached hydrogen (secondary N) is 1. The van der Waals surface area contributed by atoms with Gasteiger partial charge in [0.2, 0.25) is 0 Å². The number of aliphatic hydroxyl groups is 1. The van der Waals surface area contributed by atoms with E-state index in [1.54, 1.807) is 30.0 Å². The highest BCUT2D eigenvalue weighted by Gasteiger charge is 2.17. The van der Waals surface area contributed by atoms with Crippen molar-refractivity contribution in [2.75, 3.05) is 5.32 Å². The van der Waals surface area contributed by atoms with Gasteiger partial charge in [-0.1, -0.05) is 23.2 Å². The van der Waals surface area contributed by atoms with Crippen molar-refractivity contribution < 1.29 is 5.11 Å². The number of nitrogens with zero attached hydrogens (tertiary/aromatic N) is 4. The molecule has 0 bridgehead atoms. The van der Waals surface area contributed by atoms with Crippen molar-refractivity contribution in [3.63, 3.8) is 0 Å². The minimum Gasteiger partial charge on any atom is -0.390 e. The Morgan fingerprint density at radius 2 is 1.96 bits per heavy atom. The van der Waals surface area contributed by atoms with Crippen LogP contribution < -0.4 is 11.0 Å². The van der Waals surface area contributed by atoms with Crippen LogP contribution in [0.25, 0.3) is 11.0 Å². The molecule has 0 aliphatic heterocycles. The van der Waals surface area contributed by atoms with Crippen LogP contribution in [0.3, 0.4) is 0 Å². The molecule has 0 saturated heterocycles. The van der Waals surface area contributed by atoms with Gasteiger partial charge in [0.15, 0.2) is 11.0 Å². The van der Waals surface area contributed by atoms with Crippen molar-refractivity contribution in [2.45, 2.75) is 32.4 Å². The lowest BCUT2D eigenvalue weighted by Crippen LogP contribution is -2.27. The number of benzene rings is 1. The molecule has 9 heteroatoms. The van der Waals surface area contributed by atoms with E-state index in [1.165, 1.54) is 6.33 Å². The summed E-state index contributed by atoms with van der Waals surface area (Å²) in [7, 11) is 1.72. The van der Waals surface area contributed by atoms with Crippen molar-refractivity contribution in [3.8, 4) is 0 Å². The van der Waals surface area contributed by atoms with E-state index in [2.05, 4.69) is 15.3 Å². The van der Waals surface area contributed by atoms with Crippen LogP contribution in [0.2, 0.25) is 10.2 Å². The third-order valence-electron chi connectivity index (χ3n) is 4.10. The number of hydrogen-bond acceptors (Lipinski definition) is 5. The Hall–Kier alpha value is -2.09. The summed E-state index contributed by atoms with van der Waals surface area (Å²) in [6, 6.07) is 5.51. The smallest absolute Gasteiger partial charge is 0.328 e. The molecule has 0 amide bonds. The van der Waals surface area contributed by atoms with E-state index in [0.717, 1.165) is 11.0 Å². The Morgan fingerprint density at radius 3 is 2.65 bits per heavy atom. The number of hydrogen-bond donors (Lipinski definition) is 2. The summed E-state index contributed by atoms with van der Waals surface area (Å²) < 4.78 is 3.23. The number of aryl methyl sites for hydroxylation is 2. The van der Waals surface area contributed by atoms with Gasteiger partial charge in [-0.05, 0) is 38.5 Å². The van der Waals surface area contributed by atoms with E-state index in [4.69, 9.17) is 23.2 Å². The maximum atomic E-state index is 12.5. The highest BCUT2D eigenvalue weighted by Crippen LogP contribution is 2.29. The van der Waals surface area contributed by atoms with Crippen molar-refractivity contribution in [2.24, 2.45) is 7.05 Å². The number of aromatic nitrogens is 4. The summed E-state index contributed by atoms with van der Waals surface area (Å²) >= 11 is 12.0. The zero-order valence-corrected chi connectivity index (χ0v) is 16.1. The van der Waals surface area contributed by atoms with E-state index in [-0.39, 0.29) is 15.9 Å².